The van der Waals surface area contributed by atoms with Crippen LogP contribution in [0.15, 0.2) is 54.6 Å². The Labute approximate surface area is 122 Å². The zero-order chi connectivity index (χ0) is 15.2. The molecule has 0 unspecified atom stereocenters. The number of nitrogens with two attached hydrogens (primary N) is 1. The number of hydrogen-bond acceptors (Lipinski definition) is 3. The van der Waals surface area contributed by atoms with Gasteiger partial charge in [-0.25, -0.2) is 0 Å². The second-order valence-electron chi connectivity index (χ2n) is 4.47. The molecule has 0 saturated carbocycles. The molecule has 5 nitrogen and oxygen atoms in total. The maximum Gasteiger partial charge on any atom is 0.265 e. The number of nitrogens with one attached hydrogen (secondary N) is 1. The molecule has 0 aliphatic carbocycles. The molecular formula is C16H16N2O3. The van der Waals surface area contributed by atoms with Gasteiger partial charge in [0.1, 0.15) is 5.75 Å². The van der Waals surface area contributed by atoms with Crippen molar-refractivity contribution >= 4 is 17.5 Å². The summed E-state index contributed by atoms with van der Waals surface area (Å²) in [6, 6.07) is 15.6. The van der Waals surface area contributed by atoms with Crippen LogP contribution in [0, 0.1) is 0 Å². The maximum absolute atomic E-state index is 12.1. The topological polar surface area (TPSA) is 81.4 Å². The SMILES string of the molecule is C[C@@H](Oc1ccccc1)C(=O)Nc1ccccc1C(N)=O. The first-order valence-electron chi connectivity index (χ1n) is 6.49. The normalized spacial score (nSPS) is 11.5. The van der Waals surface area contributed by atoms with Gasteiger partial charge in [-0.05, 0) is 31.2 Å². The maximum atomic E-state index is 12.1. The summed E-state index contributed by atoms with van der Waals surface area (Å²) in [6.07, 6.45) is -0.701. The summed E-state index contributed by atoms with van der Waals surface area (Å²) >= 11 is 0. The van der Waals surface area contributed by atoms with Crippen LogP contribution in [0.2, 0.25) is 0 Å². The van der Waals surface area contributed by atoms with E-state index >= 15 is 0 Å². The fourth-order valence-corrected chi connectivity index (χ4v) is 1.80. The van der Waals surface area contributed by atoms with E-state index in [1.807, 2.05) is 18.2 Å². The Balaban J connectivity index is 2.06. The summed E-state index contributed by atoms with van der Waals surface area (Å²) in [7, 11) is 0. The number of anilines is 1. The van der Waals surface area contributed by atoms with Crippen LogP contribution in [0.5, 0.6) is 5.75 Å². The van der Waals surface area contributed by atoms with Gasteiger partial charge in [0.15, 0.2) is 6.10 Å². The second kappa shape index (κ2) is 6.56. The highest BCUT2D eigenvalue weighted by atomic mass is 16.5. The van der Waals surface area contributed by atoms with Crippen LogP contribution in [-0.4, -0.2) is 17.9 Å². The summed E-state index contributed by atoms with van der Waals surface area (Å²) in [5, 5.41) is 2.65. The smallest absolute Gasteiger partial charge is 0.265 e. The molecule has 0 aromatic heterocycles. The van der Waals surface area contributed by atoms with E-state index in [1.54, 1.807) is 43.3 Å². The molecule has 2 aromatic rings. The number of rotatable bonds is 5. The molecule has 0 fully saturated rings. The van der Waals surface area contributed by atoms with Gasteiger partial charge < -0.3 is 15.8 Å². The van der Waals surface area contributed by atoms with Crippen LogP contribution in [0.3, 0.4) is 0 Å². The molecule has 0 aliphatic heterocycles. The first-order chi connectivity index (χ1) is 10.1. The third-order valence-corrected chi connectivity index (χ3v) is 2.88. The molecule has 21 heavy (non-hydrogen) atoms. The molecule has 0 spiro atoms. The molecule has 5 heteroatoms. The Morgan fingerprint density at radius 3 is 2.33 bits per heavy atom. The molecule has 3 N–H and O–H groups in total. The molecule has 0 heterocycles. The number of carbonyl (C=O) groups is 2. The second-order valence-corrected chi connectivity index (χ2v) is 4.47. The summed E-state index contributed by atoms with van der Waals surface area (Å²) in [5.74, 6) is -0.349. The van der Waals surface area contributed by atoms with Gasteiger partial charge in [0.2, 0.25) is 0 Å². The average Bonchev–Trinajstić information content (AvgIpc) is 2.48. The highest BCUT2D eigenvalue weighted by Gasteiger charge is 2.17. The van der Waals surface area contributed by atoms with Crippen molar-refractivity contribution in [2.24, 2.45) is 5.73 Å². The number of carbonyl (C=O) groups excluding carboxylic acids is 2. The van der Waals surface area contributed by atoms with E-state index in [4.69, 9.17) is 10.5 Å². The van der Waals surface area contributed by atoms with Crippen molar-refractivity contribution in [3.8, 4) is 5.75 Å². The minimum Gasteiger partial charge on any atom is -0.481 e. The molecular weight excluding hydrogens is 268 g/mol. The number of benzene rings is 2. The Hall–Kier alpha value is -2.82. The standard InChI is InChI=1S/C16H16N2O3/c1-11(21-12-7-3-2-4-8-12)16(20)18-14-10-6-5-9-13(14)15(17)19/h2-11H,1H3,(H2,17,19)(H,18,20)/t11-/m1/s1. The number of primary amides is 1. The molecule has 108 valence electrons. The van der Waals surface area contributed by atoms with Gasteiger partial charge in [-0.3, -0.25) is 9.59 Å². The zero-order valence-corrected chi connectivity index (χ0v) is 11.6. The number of ether oxygens (including phenoxy) is 1. The first kappa shape index (κ1) is 14.6. The predicted octanol–water partition coefficient (Wildman–Crippen LogP) is 2.19. The Bertz CT molecular complexity index is 641. The highest BCUT2D eigenvalue weighted by molar-refractivity contribution is 6.03. The van der Waals surface area contributed by atoms with Gasteiger partial charge in [-0.1, -0.05) is 30.3 Å². The van der Waals surface area contributed by atoms with Gasteiger partial charge in [0.05, 0.1) is 11.3 Å². The first-order valence-corrected chi connectivity index (χ1v) is 6.49. The molecule has 0 radical (unpaired) electrons. The number of para-hydroxylation sites is 2. The van der Waals surface area contributed by atoms with E-state index in [-0.39, 0.29) is 11.5 Å². The Morgan fingerprint density at radius 2 is 1.67 bits per heavy atom. The summed E-state index contributed by atoms with van der Waals surface area (Å²) in [5.41, 5.74) is 5.90. The van der Waals surface area contributed by atoms with Crippen LogP contribution in [0.25, 0.3) is 0 Å². The number of amides is 2. The van der Waals surface area contributed by atoms with Gasteiger partial charge in [0.25, 0.3) is 11.8 Å². The van der Waals surface area contributed by atoms with Crippen molar-refractivity contribution in [1.29, 1.82) is 0 Å². The highest BCUT2D eigenvalue weighted by Crippen LogP contribution is 2.16. The number of hydrogen-bond donors (Lipinski definition) is 2. The fraction of sp³-hybridized carbons (Fsp3) is 0.125. The van der Waals surface area contributed by atoms with Crippen molar-refractivity contribution in [2.75, 3.05) is 5.32 Å². The lowest BCUT2D eigenvalue weighted by Gasteiger charge is -2.15. The van der Waals surface area contributed by atoms with Gasteiger partial charge in [0, 0.05) is 0 Å². The van der Waals surface area contributed by atoms with Crippen LogP contribution in [0.1, 0.15) is 17.3 Å². The lowest BCUT2D eigenvalue weighted by atomic mass is 10.1. The third kappa shape index (κ3) is 3.82. The van der Waals surface area contributed by atoms with E-state index in [1.165, 1.54) is 0 Å². The van der Waals surface area contributed by atoms with Crippen molar-refractivity contribution in [3.05, 3.63) is 60.2 Å². The lowest BCUT2D eigenvalue weighted by molar-refractivity contribution is -0.122. The van der Waals surface area contributed by atoms with Crippen LogP contribution in [-0.2, 0) is 4.79 Å². The summed E-state index contributed by atoms with van der Waals surface area (Å²) in [6.45, 7) is 1.63. The summed E-state index contributed by atoms with van der Waals surface area (Å²) < 4.78 is 5.52. The van der Waals surface area contributed by atoms with Crippen LogP contribution in [0.4, 0.5) is 5.69 Å². The average molecular weight is 284 g/mol. The van der Waals surface area contributed by atoms with E-state index in [9.17, 15) is 9.59 Å². The van der Waals surface area contributed by atoms with Gasteiger partial charge in [-0.15, -0.1) is 0 Å². The predicted molar refractivity (Wildman–Crippen MR) is 80.1 cm³/mol. The lowest BCUT2D eigenvalue weighted by Crippen LogP contribution is -2.31. The monoisotopic (exact) mass is 284 g/mol. The van der Waals surface area contributed by atoms with Crippen molar-refractivity contribution in [1.82, 2.24) is 0 Å². The van der Waals surface area contributed by atoms with E-state index in [0.29, 0.717) is 11.4 Å². The summed E-state index contributed by atoms with van der Waals surface area (Å²) in [4.78, 5) is 23.4. The van der Waals surface area contributed by atoms with Crippen molar-refractivity contribution in [3.63, 3.8) is 0 Å². The van der Waals surface area contributed by atoms with Crippen molar-refractivity contribution < 1.29 is 14.3 Å². The largest absolute Gasteiger partial charge is 0.481 e. The van der Waals surface area contributed by atoms with Crippen LogP contribution < -0.4 is 15.8 Å². The van der Waals surface area contributed by atoms with Gasteiger partial charge in [-0.2, -0.15) is 0 Å². The van der Waals surface area contributed by atoms with Gasteiger partial charge >= 0.3 is 0 Å². The van der Waals surface area contributed by atoms with E-state index < -0.39 is 12.0 Å². The minimum atomic E-state index is -0.701. The molecule has 0 aliphatic rings. The third-order valence-electron chi connectivity index (χ3n) is 2.88. The van der Waals surface area contributed by atoms with Crippen LogP contribution >= 0.6 is 0 Å². The molecule has 1 atom stereocenters. The quantitative estimate of drug-likeness (QED) is 0.883. The molecule has 0 saturated heterocycles. The Kier molecular flexibility index (Phi) is 4.56. The molecule has 2 aromatic carbocycles. The zero-order valence-electron chi connectivity index (χ0n) is 11.6. The molecule has 0 bridgehead atoms. The van der Waals surface area contributed by atoms with E-state index in [2.05, 4.69) is 5.32 Å². The minimum absolute atomic E-state index is 0.262. The Morgan fingerprint density at radius 1 is 1.05 bits per heavy atom. The van der Waals surface area contributed by atoms with E-state index in [0.717, 1.165) is 0 Å². The molecule has 2 amide bonds. The fourth-order valence-electron chi connectivity index (χ4n) is 1.80. The van der Waals surface area contributed by atoms with Crippen molar-refractivity contribution in [2.45, 2.75) is 13.0 Å². The molecule has 2 rings (SSSR count).